The van der Waals surface area contributed by atoms with Crippen LogP contribution in [0.25, 0.3) is 0 Å². The molecule has 1 heterocycles. The van der Waals surface area contributed by atoms with Gasteiger partial charge in [0.25, 0.3) is 0 Å². The van der Waals surface area contributed by atoms with Crippen LogP contribution < -0.4 is 23.8 Å². The molecule has 0 aliphatic carbocycles. The van der Waals surface area contributed by atoms with E-state index in [1.54, 1.807) is 0 Å². The molecule has 70 valence electrons. The van der Waals surface area contributed by atoms with Crippen molar-refractivity contribution in [3.05, 3.63) is 0 Å². The third-order valence-corrected chi connectivity index (χ3v) is 1.72. The van der Waals surface area contributed by atoms with E-state index in [-0.39, 0.29) is 24.5 Å². The Bertz CT molecular complexity index is 80.7. The van der Waals surface area contributed by atoms with E-state index >= 15 is 0 Å². The van der Waals surface area contributed by atoms with E-state index in [9.17, 15) is 0 Å². The molecular formula is C6H20N4O. The van der Waals surface area contributed by atoms with Crippen LogP contribution in [0.1, 0.15) is 12.8 Å². The highest BCUT2D eigenvalue weighted by atomic mass is 16.5. The number of rotatable bonds is 2. The largest absolute Gasteiger partial charge is 0.372 e. The van der Waals surface area contributed by atoms with E-state index in [1.807, 2.05) is 0 Å². The lowest BCUT2D eigenvalue weighted by Gasteiger charge is -2.08. The molecule has 1 aliphatic rings. The minimum Gasteiger partial charge on any atom is -0.372 e. The van der Waals surface area contributed by atoms with Crippen molar-refractivity contribution >= 4 is 0 Å². The summed E-state index contributed by atoms with van der Waals surface area (Å²) in [6.45, 7) is 1.27. The molecule has 2 unspecified atom stereocenters. The van der Waals surface area contributed by atoms with E-state index in [0.29, 0.717) is 13.1 Å². The molecule has 1 aliphatic heterocycles. The van der Waals surface area contributed by atoms with Crippen molar-refractivity contribution in [2.45, 2.75) is 25.0 Å². The maximum absolute atomic E-state index is 5.41. The van der Waals surface area contributed by atoms with Crippen molar-refractivity contribution in [2.24, 2.45) is 11.5 Å². The van der Waals surface area contributed by atoms with Gasteiger partial charge in [0.05, 0.1) is 12.2 Å². The highest BCUT2D eigenvalue weighted by Crippen LogP contribution is 2.17. The topological polar surface area (TPSA) is 131 Å². The smallest absolute Gasteiger partial charge is 0.0702 e. The van der Waals surface area contributed by atoms with Crippen LogP contribution in [-0.4, -0.2) is 25.3 Å². The van der Waals surface area contributed by atoms with Crippen LogP contribution in [-0.2, 0) is 4.74 Å². The lowest BCUT2D eigenvalue weighted by molar-refractivity contribution is 0.0555. The number of hydrogen-bond acceptors (Lipinski definition) is 5. The second-order valence-corrected chi connectivity index (χ2v) is 2.43. The van der Waals surface area contributed by atoms with Gasteiger partial charge in [0.2, 0.25) is 0 Å². The monoisotopic (exact) mass is 164 g/mol. The number of hydrogen-bond donors (Lipinski definition) is 4. The van der Waals surface area contributed by atoms with Crippen LogP contribution in [0.3, 0.4) is 0 Å². The Labute approximate surface area is 67.6 Å². The van der Waals surface area contributed by atoms with E-state index in [0.717, 1.165) is 12.8 Å². The van der Waals surface area contributed by atoms with Gasteiger partial charge in [-0.15, -0.1) is 0 Å². The van der Waals surface area contributed by atoms with E-state index in [2.05, 4.69) is 0 Å². The fraction of sp³-hybridized carbons (Fsp3) is 1.00. The van der Waals surface area contributed by atoms with E-state index in [1.165, 1.54) is 0 Å². The van der Waals surface area contributed by atoms with E-state index < -0.39 is 0 Å². The molecule has 0 aromatic heterocycles. The Hall–Kier alpha value is -0.200. The van der Waals surface area contributed by atoms with Gasteiger partial charge in [-0.05, 0) is 12.8 Å². The van der Waals surface area contributed by atoms with Crippen LogP contribution in [0.15, 0.2) is 0 Å². The molecule has 5 nitrogen and oxygen atoms in total. The Morgan fingerprint density at radius 3 is 1.55 bits per heavy atom. The van der Waals surface area contributed by atoms with Crippen molar-refractivity contribution in [3.8, 4) is 0 Å². The molecule has 0 spiro atoms. The van der Waals surface area contributed by atoms with Gasteiger partial charge in [-0.3, -0.25) is 0 Å². The zero-order valence-electron chi connectivity index (χ0n) is 6.96. The molecule has 0 aromatic rings. The minimum atomic E-state index is 0. The Morgan fingerprint density at radius 2 is 1.36 bits per heavy atom. The first-order chi connectivity index (χ1) is 4.36. The van der Waals surface area contributed by atoms with Gasteiger partial charge < -0.3 is 28.5 Å². The van der Waals surface area contributed by atoms with Crippen LogP contribution in [0.2, 0.25) is 0 Å². The van der Waals surface area contributed by atoms with E-state index in [4.69, 9.17) is 16.2 Å². The van der Waals surface area contributed by atoms with Crippen molar-refractivity contribution < 1.29 is 4.74 Å². The fourth-order valence-corrected chi connectivity index (χ4v) is 1.13. The standard InChI is InChI=1S/C6H14N2O.2H3N/c7-3-5-1-2-6(4-8)9-5;;/h5-6H,1-4,7-8H2;2*1H3. The first-order valence-corrected chi connectivity index (χ1v) is 3.42. The Morgan fingerprint density at radius 1 is 1.00 bits per heavy atom. The highest BCUT2D eigenvalue weighted by Gasteiger charge is 2.22. The van der Waals surface area contributed by atoms with Gasteiger partial charge in [-0.2, -0.15) is 0 Å². The third-order valence-electron chi connectivity index (χ3n) is 1.72. The summed E-state index contributed by atoms with van der Waals surface area (Å²) in [6.07, 6.45) is 2.72. The lowest BCUT2D eigenvalue weighted by atomic mass is 10.2. The normalized spacial score (nSPS) is 28.9. The van der Waals surface area contributed by atoms with Crippen LogP contribution in [0, 0.1) is 0 Å². The zero-order chi connectivity index (χ0) is 6.69. The van der Waals surface area contributed by atoms with Crippen molar-refractivity contribution in [2.75, 3.05) is 13.1 Å². The minimum absolute atomic E-state index is 0. The quantitative estimate of drug-likeness (QED) is 0.448. The van der Waals surface area contributed by atoms with Gasteiger partial charge in [-0.25, -0.2) is 0 Å². The lowest BCUT2D eigenvalue weighted by Crippen LogP contribution is -2.24. The first kappa shape index (κ1) is 13.4. The average Bonchev–Trinajstić information content (AvgIpc) is 2.34. The summed E-state index contributed by atoms with van der Waals surface area (Å²) in [7, 11) is 0. The molecule has 0 radical (unpaired) electrons. The summed E-state index contributed by atoms with van der Waals surface area (Å²) in [4.78, 5) is 0. The molecular weight excluding hydrogens is 144 g/mol. The molecule has 1 saturated heterocycles. The Balaban J connectivity index is 0. The predicted octanol–water partition coefficient (Wildman–Crippen LogP) is -0.225. The molecule has 10 N–H and O–H groups in total. The van der Waals surface area contributed by atoms with Crippen LogP contribution >= 0.6 is 0 Å². The molecule has 0 saturated carbocycles. The molecule has 0 amide bonds. The summed E-state index contributed by atoms with van der Waals surface area (Å²) in [6, 6.07) is 0. The van der Waals surface area contributed by atoms with Crippen LogP contribution in [0.5, 0.6) is 0 Å². The maximum Gasteiger partial charge on any atom is 0.0702 e. The summed E-state index contributed by atoms with van der Waals surface area (Å²) >= 11 is 0. The first-order valence-electron chi connectivity index (χ1n) is 3.42. The van der Waals surface area contributed by atoms with Gasteiger partial charge in [0, 0.05) is 13.1 Å². The highest BCUT2D eigenvalue weighted by molar-refractivity contribution is 4.74. The van der Waals surface area contributed by atoms with Gasteiger partial charge in [0.1, 0.15) is 0 Å². The molecule has 2 atom stereocenters. The summed E-state index contributed by atoms with van der Waals surface area (Å²) in [5, 5.41) is 0. The molecule has 0 bridgehead atoms. The molecule has 5 heteroatoms. The van der Waals surface area contributed by atoms with Crippen molar-refractivity contribution in [1.29, 1.82) is 0 Å². The summed E-state index contributed by atoms with van der Waals surface area (Å²) < 4.78 is 5.41. The molecule has 1 fully saturated rings. The summed E-state index contributed by atoms with van der Waals surface area (Å²) in [5.41, 5.74) is 10.8. The van der Waals surface area contributed by atoms with Crippen LogP contribution in [0.4, 0.5) is 0 Å². The van der Waals surface area contributed by atoms with Gasteiger partial charge in [-0.1, -0.05) is 0 Å². The second kappa shape index (κ2) is 6.51. The van der Waals surface area contributed by atoms with Gasteiger partial charge in [0.15, 0.2) is 0 Å². The number of nitrogens with two attached hydrogens (primary N) is 2. The summed E-state index contributed by atoms with van der Waals surface area (Å²) in [5.74, 6) is 0. The Kier molecular flexibility index (Phi) is 7.92. The van der Waals surface area contributed by atoms with Gasteiger partial charge >= 0.3 is 0 Å². The maximum atomic E-state index is 5.41. The zero-order valence-corrected chi connectivity index (χ0v) is 6.96. The SMILES string of the molecule is N.N.NCC1CCC(CN)O1. The fourth-order valence-electron chi connectivity index (χ4n) is 1.13. The molecule has 1 rings (SSSR count). The van der Waals surface area contributed by atoms with Crippen molar-refractivity contribution in [1.82, 2.24) is 12.3 Å². The number of ether oxygens (including phenoxy) is 1. The molecule has 11 heavy (non-hydrogen) atoms. The third kappa shape index (κ3) is 3.64. The second-order valence-electron chi connectivity index (χ2n) is 2.43. The molecule has 0 aromatic carbocycles. The average molecular weight is 164 g/mol. The predicted molar refractivity (Wildman–Crippen MR) is 46.0 cm³/mol. The van der Waals surface area contributed by atoms with Crippen molar-refractivity contribution in [3.63, 3.8) is 0 Å².